The molecule has 2 aromatic rings. The van der Waals surface area contributed by atoms with Crippen LogP contribution in [-0.2, 0) is 0 Å². The summed E-state index contributed by atoms with van der Waals surface area (Å²) < 4.78 is 3.05. The fourth-order valence-electron chi connectivity index (χ4n) is 1.21. The molecule has 2 rings (SSSR count). The largest absolute Gasteiger partial charge is 0.361 e. The van der Waals surface area contributed by atoms with Crippen molar-refractivity contribution in [1.82, 2.24) is 9.71 Å². The molecule has 0 radical (unpaired) electrons. The summed E-state index contributed by atoms with van der Waals surface area (Å²) in [6.07, 6.45) is 1.96. The second-order valence-corrected chi connectivity index (χ2v) is 3.62. The van der Waals surface area contributed by atoms with Gasteiger partial charge >= 0.3 is 0 Å². The normalized spacial score (nSPS) is 10.8. The zero-order chi connectivity index (χ0) is 8.39. The van der Waals surface area contributed by atoms with Crippen molar-refractivity contribution in [2.75, 3.05) is 7.05 Å². The highest BCUT2D eigenvalue weighted by atomic mass is 32.2. The SMILES string of the molecule is CNSc1ccc2[nH]ccc2c1. The zero-order valence-corrected chi connectivity index (χ0v) is 7.61. The third-order valence-corrected chi connectivity index (χ3v) is 2.44. The monoisotopic (exact) mass is 178 g/mol. The number of rotatable bonds is 2. The van der Waals surface area contributed by atoms with E-state index >= 15 is 0 Å². The van der Waals surface area contributed by atoms with E-state index in [-0.39, 0.29) is 0 Å². The molecular formula is C9H10N2S. The number of fused-ring (bicyclic) bond motifs is 1. The molecule has 0 bridgehead atoms. The number of aromatic nitrogens is 1. The van der Waals surface area contributed by atoms with E-state index in [0.29, 0.717) is 0 Å². The maximum Gasteiger partial charge on any atom is 0.0454 e. The average Bonchev–Trinajstić information content (AvgIpc) is 2.51. The highest BCUT2D eigenvalue weighted by Gasteiger charge is 1.95. The summed E-state index contributed by atoms with van der Waals surface area (Å²) in [6.45, 7) is 0. The highest BCUT2D eigenvalue weighted by molar-refractivity contribution is 7.97. The Kier molecular flexibility index (Phi) is 2.06. The topological polar surface area (TPSA) is 27.8 Å². The van der Waals surface area contributed by atoms with Crippen LogP contribution >= 0.6 is 11.9 Å². The maximum atomic E-state index is 3.16. The van der Waals surface area contributed by atoms with E-state index in [1.54, 1.807) is 11.9 Å². The number of nitrogens with one attached hydrogen (secondary N) is 2. The lowest BCUT2D eigenvalue weighted by Crippen LogP contribution is -1.89. The summed E-state index contributed by atoms with van der Waals surface area (Å²) in [4.78, 5) is 4.40. The van der Waals surface area contributed by atoms with Gasteiger partial charge in [0.25, 0.3) is 0 Å². The Hall–Kier alpha value is -0.930. The van der Waals surface area contributed by atoms with E-state index in [9.17, 15) is 0 Å². The lowest BCUT2D eigenvalue weighted by Gasteiger charge is -1.97. The molecule has 62 valence electrons. The summed E-state index contributed by atoms with van der Waals surface area (Å²) in [6, 6.07) is 8.43. The van der Waals surface area contributed by atoms with Crippen LogP contribution in [0, 0.1) is 0 Å². The molecule has 1 heterocycles. The fraction of sp³-hybridized carbons (Fsp3) is 0.111. The van der Waals surface area contributed by atoms with Gasteiger partial charge in [-0.3, -0.25) is 4.72 Å². The first kappa shape index (κ1) is 7.71. The molecule has 0 spiro atoms. The molecule has 3 heteroatoms. The lowest BCUT2D eigenvalue weighted by molar-refractivity contribution is 1.28. The van der Waals surface area contributed by atoms with Gasteiger partial charge in [0, 0.05) is 22.0 Å². The number of aromatic amines is 1. The average molecular weight is 178 g/mol. The summed E-state index contributed by atoms with van der Waals surface area (Å²) in [5.74, 6) is 0. The van der Waals surface area contributed by atoms with Crippen molar-refractivity contribution in [2.45, 2.75) is 4.90 Å². The van der Waals surface area contributed by atoms with Crippen molar-refractivity contribution in [1.29, 1.82) is 0 Å². The Morgan fingerprint density at radius 2 is 2.25 bits per heavy atom. The molecule has 0 saturated carbocycles. The summed E-state index contributed by atoms with van der Waals surface area (Å²) in [7, 11) is 1.92. The van der Waals surface area contributed by atoms with Gasteiger partial charge < -0.3 is 4.98 Å². The van der Waals surface area contributed by atoms with Gasteiger partial charge in [-0.25, -0.2) is 0 Å². The second-order valence-electron chi connectivity index (χ2n) is 2.53. The smallest absolute Gasteiger partial charge is 0.0454 e. The summed E-state index contributed by atoms with van der Waals surface area (Å²) >= 11 is 1.63. The van der Waals surface area contributed by atoms with Gasteiger partial charge in [0.15, 0.2) is 0 Å². The molecule has 1 aromatic carbocycles. The molecule has 0 aliphatic rings. The van der Waals surface area contributed by atoms with Gasteiger partial charge in [-0.1, -0.05) is 0 Å². The molecule has 2 N–H and O–H groups in total. The number of H-pyrrole nitrogens is 1. The number of hydrogen-bond donors (Lipinski definition) is 2. The molecule has 1 aromatic heterocycles. The molecule has 0 saturated heterocycles. The minimum atomic E-state index is 1.19. The molecule has 2 nitrogen and oxygen atoms in total. The van der Waals surface area contributed by atoms with Crippen LogP contribution in [-0.4, -0.2) is 12.0 Å². The Bertz CT molecular complexity index is 381. The van der Waals surface area contributed by atoms with E-state index in [0.717, 1.165) is 0 Å². The van der Waals surface area contributed by atoms with Crippen molar-refractivity contribution in [3.05, 3.63) is 30.5 Å². The van der Waals surface area contributed by atoms with Gasteiger partial charge in [-0.15, -0.1) is 0 Å². The Balaban J connectivity index is 2.46. The van der Waals surface area contributed by atoms with Crippen molar-refractivity contribution >= 4 is 22.9 Å². The third-order valence-electron chi connectivity index (χ3n) is 1.74. The Morgan fingerprint density at radius 3 is 3.08 bits per heavy atom. The van der Waals surface area contributed by atoms with Crippen molar-refractivity contribution in [3.8, 4) is 0 Å². The van der Waals surface area contributed by atoms with Crippen molar-refractivity contribution in [2.24, 2.45) is 0 Å². The number of benzene rings is 1. The van der Waals surface area contributed by atoms with Crippen LogP contribution in [0.1, 0.15) is 0 Å². The Labute approximate surface area is 75.5 Å². The maximum absolute atomic E-state index is 3.16. The lowest BCUT2D eigenvalue weighted by atomic mass is 10.2. The molecule has 0 unspecified atom stereocenters. The predicted molar refractivity (Wildman–Crippen MR) is 53.2 cm³/mol. The molecule has 0 atom stereocenters. The van der Waals surface area contributed by atoms with Gasteiger partial charge in [0.1, 0.15) is 0 Å². The van der Waals surface area contributed by atoms with Crippen LogP contribution in [0.25, 0.3) is 10.9 Å². The van der Waals surface area contributed by atoms with Gasteiger partial charge in [-0.2, -0.15) is 0 Å². The summed E-state index contributed by atoms with van der Waals surface area (Å²) in [5.41, 5.74) is 1.19. The van der Waals surface area contributed by atoms with E-state index in [1.807, 2.05) is 13.2 Å². The predicted octanol–water partition coefficient (Wildman–Crippen LogP) is 2.39. The first-order valence-electron chi connectivity index (χ1n) is 3.81. The highest BCUT2D eigenvalue weighted by Crippen LogP contribution is 2.20. The van der Waals surface area contributed by atoms with E-state index in [1.165, 1.54) is 15.8 Å². The molecule has 0 aliphatic heterocycles. The van der Waals surface area contributed by atoms with E-state index in [2.05, 4.69) is 34.0 Å². The third kappa shape index (κ3) is 1.33. The van der Waals surface area contributed by atoms with Gasteiger partial charge in [0.05, 0.1) is 0 Å². The fourth-order valence-corrected chi connectivity index (χ4v) is 1.77. The number of hydrogen-bond acceptors (Lipinski definition) is 2. The van der Waals surface area contributed by atoms with Gasteiger partial charge in [-0.05, 0) is 43.3 Å². The van der Waals surface area contributed by atoms with Gasteiger partial charge in [0.2, 0.25) is 0 Å². The molecule has 0 aliphatic carbocycles. The molecule has 0 fully saturated rings. The van der Waals surface area contributed by atoms with Crippen LogP contribution in [0.4, 0.5) is 0 Å². The molecular weight excluding hydrogens is 168 g/mol. The van der Waals surface area contributed by atoms with Crippen molar-refractivity contribution < 1.29 is 0 Å². The van der Waals surface area contributed by atoms with Crippen LogP contribution in [0.2, 0.25) is 0 Å². The van der Waals surface area contributed by atoms with Crippen LogP contribution in [0.5, 0.6) is 0 Å². The first-order chi connectivity index (χ1) is 5.90. The van der Waals surface area contributed by atoms with E-state index < -0.39 is 0 Å². The van der Waals surface area contributed by atoms with E-state index in [4.69, 9.17) is 0 Å². The quantitative estimate of drug-likeness (QED) is 0.691. The van der Waals surface area contributed by atoms with Crippen molar-refractivity contribution in [3.63, 3.8) is 0 Å². The molecule has 0 amide bonds. The zero-order valence-electron chi connectivity index (χ0n) is 6.79. The van der Waals surface area contributed by atoms with Crippen LogP contribution in [0.3, 0.4) is 0 Å². The standard InChI is InChI=1S/C9H10N2S/c1-10-12-8-2-3-9-7(6-8)4-5-11-9/h2-6,10-11H,1H3. The molecule has 12 heavy (non-hydrogen) atoms. The van der Waals surface area contributed by atoms with Crippen LogP contribution < -0.4 is 4.72 Å². The van der Waals surface area contributed by atoms with Crippen LogP contribution in [0.15, 0.2) is 35.4 Å². The minimum absolute atomic E-state index is 1.19. The minimum Gasteiger partial charge on any atom is -0.361 e. The second kappa shape index (κ2) is 3.21. The Morgan fingerprint density at radius 1 is 1.33 bits per heavy atom. The summed E-state index contributed by atoms with van der Waals surface area (Å²) in [5, 5.41) is 1.26. The first-order valence-corrected chi connectivity index (χ1v) is 4.62.